The summed E-state index contributed by atoms with van der Waals surface area (Å²) in [5.74, 6) is -2.52. The number of nitrogens with one attached hydrogen (secondary N) is 1. The number of ether oxygens (including phenoxy) is 1. The lowest BCUT2D eigenvalue weighted by molar-refractivity contribution is 0.0526. The molecule has 1 rings (SSSR count). The Labute approximate surface area is 181 Å². The van der Waals surface area contributed by atoms with Crippen LogP contribution in [0.2, 0.25) is 5.02 Å². The van der Waals surface area contributed by atoms with E-state index in [2.05, 4.69) is 5.32 Å². The lowest BCUT2D eigenvalue weighted by atomic mass is 10.2. The van der Waals surface area contributed by atoms with Crippen molar-refractivity contribution in [1.29, 1.82) is 0 Å². The highest BCUT2D eigenvalue weighted by Crippen LogP contribution is 2.29. The van der Waals surface area contributed by atoms with E-state index in [0.29, 0.717) is 18.9 Å². The first-order valence-corrected chi connectivity index (χ1v) is 11.2. The van der Waals surface area contributed by atoms with E-state index in [9.17, 15) is 27.5 Å². The average Bonchev–Trinajstić information content (AvgIpc) is 2.54. The molecule has 0 heterocycles. The molecule has 0 bridgehead atoms. The Morgan fingerprint density at radius 2 is 1.87 bits per heavy atom. The van der Waals surface area contributed by atoms with Crippen molar-refractivity contribution in [3.05, 3.63) is 28.5 Å². The summed E-state index contributed by atoms with van der Waals surface area (Å²) >= 11 is 5.79. The number of benzene rings is 1. The quantitative estimate of drug-likeness (QED) is 0.534. The number of hydrogen-bond acceptors (Lipinski definition) is 5. The van der Waals surface area contributed by atoms with Gasteiger partial charge in [-0.3, -0.25) is 0 Å². The smallest absolute Gasteiger partial charge is 0.407 e. The molecule has 0 radical (unpaired) electrons. The van der Waals surface area contributed by atoms with Gasteiger partial charge < -0.3 is 15.2 Å². The third-order valence-corrected chi connectivity index (χ3v) is 6.27. The molecule has 0 spiro atoms. The van der Waals surface area contributed by atoms with Crippen molar-refractivity contribution < 1.29 is 32.2 Å². The van der Waals surface area contributed by atoms with Crippen LogP contribution in [0.1, 0.15) is 57.8 Å². The van der Waals surface area contributed by atoms with Crippen molar-refractivity contribution in [2.24, 2.45) is 0 Å². The van der Waals surface area contributed by atoms with Gasteiger partial charge in [0, 0.05) is 19.1 Å². The Morgan fingerprint density at radius 1 is 1.27 bits per heavy atom. The van der Waals surface area contributed by atoms with Crippen LogP contribution in [0.4, 0.5) is 9.18 Å². The second-order valence-electron chi connectivity index (χ2n) is 7.91. The molecule has 0 aliphatic carbocycles. The number of carboxylic acids is 1. The van der Waals surface area contributed by atoms with E-state index in [1.165, 1.54) is 0 Å². The Morgan fingerprint density at radius 3 is 2.37 bits per heavy atom. The van der Waals surface area contributed by atoms with Gasteiger partial charge in [0.25, 0.3) is 0 Å². The molecule has 170 valence electrons. The Bertz CT molecular complexity index is 884. The third-order valence-electron chi connectivity index (χ3n) is 3.87. The molecule has 1 aromatic rings. The second-order valence-corrected chi connectivity index (χ2v) is 10.2. The standard InChI is InChI=1S/C19H28ClFN2O6S/c1-12(2)23(9-7-6-8-22-18(26)29-19(3,4)5)30(27,28)15-11-13(21)10-14(20)16(15)17(24)25/h10-12H,6-9H2,1-5H3,(H,22,26)(H,24,25). The number of carboxylic acid groups (broad SMARTS) is 1. The number of amides is 1. The van der Waals surface area contributed by atoms with Crippen LogP contribution in [-0.2, 0) is 14.8 Å². The van der Waals surface area contributed by atoms with Crippen LogP contribution in [0.3, 0.4) is 0 Å². The molecule has 0 aliphatic rings. The summed E-state index contributed by atoms with van der Waals surface area (Å²) in [6.45, 7) is 8.78. The molecule has 0 saturated carbocycles. The summed E-state index contributed by atoms with van der Waals surface area (Å²) in [5.41, 5.74) is -1.30. The summed E-state index contributed by atoms with van der Waals surface area (Å²) in [6.07, 6.45) is 0.253. The van der Waals surface area contributed by atoms with Crippen molar-refractivity contribution in [2.75, 3.05) is 13.1 Å². The predicted octanol–water partition coefficient (Wildman–Crippen LogP) is 3.88. The molecule has 1 amide bonds. The van der Waals surface area contributed by atoms with Gasteiger partial charge in [-0.2, -0.15) is 4.31 Å². The first-order valence-electron chi connectivity index (χ1n) is 9.38. The molecule has 8 nitrogen and oxygen atoms in total. The van der Waals surface area contributed by atoms with Crippen molar-refractivity contribution in [2.45, 2.75) is 64.0 Å². The van der Waals surface area contributed by atoms with E-state index in [1.807, 2.05) is 0 Å². The molecule has 1 aromatic carbocycles. The first kappa shape index (κ1) is 26.1. The monoisotopic (exact) mass is 466 g/mol. The number of nitrogens with zero attached hydrogens (tertiary/aromatic N) is 1. The van der Waals surface area contributed by atoms with Gasteiger partial charge in [-0.05, 0) is 59.6 Å². The zero-order chi connectivity index (χ0) is 23.3. The van der Waals surface area contributed by atoms with Crippen LogP contribution >= 0.6 is 11.6 Å². The molecule has 0 unspecified atom stereocenters. The largest absolute Gasteiger partial charge is 0.478 e. The van der Waals surface area contributed by atoms with Crippen molar-refractivity contribution in [3.8, 4) is 0 Å². The molecule has 11 heteroatoms. The molecule has 30 heavy (non-hydrogen) atoms. The van der Waals surface area contributed by atoms with Gasteiger partial charge in [0.2, 0.25) is 10.0 Å². The minimum atomic E-state index is -4.33. The van der Waals surface area contributed by atoms with Crippen LogP contribution in [0.5, 0.6) is 0 Å². The third kappa shape index (κ3) is 7.41. The highest BCUT2D eigenvalue weighted by atomic mass is 35.5. The van der Waals surface area contributed by atoms with Crippen molar-refractivity contribution in [1.82, 2.24) is 9.62 Å². The van der Waals surface area contributed by atoms with E-state index < -0.39 is 55.0 Å². The number of carbonyl (C=O) groups is 2. The molecule has 0 saturated heterocycles. The van der Waals surface area contributed by atoms with Crippen molar-refractivity contribution in [3.63, 3.8) is 0 Å². The zero-order valence-corrected chi connectivity index (χ0v) is 19.2. The summed E-state index contributed by atoms with van der Waals surface area (Å²) in [4.78, 5) is 22.4. The fourth-order valence-corrected chi connectivity index (χ4v) is 4.88. The fourth-order valence-electron chi connectivity index (χ4n) is 2.64. The molecule has 0 aliphatic heterocycles. The predicted molar refractivity (Wildman–Crippen MR) is 111 cm³/mol. The van der Waals surface area contributed by atoms with E-state index in [-0.39, 0.29) is 13.1 Å². The number of unbranched alkanes of at least 4 members (excludes halogenated alkanes) is 1. The van der Waals surface area contributed by atoms with E-state index >= 15 is 0 Å². The van der Waals surface area contributed by atoms with Crippen molar-refractivity contribution >= 4 is 33.7 Å². The Hall–Kier alpha value is -1.91. The van der Waals surface area contributed by atoms with Crippen LogP contribution < -0.4 is 5.32 Å². The van der Waals surface area contributed by atoms with E-state index in [0.717, 1.165) is 10.4 Å². The van der Waals surface area contributed by atoms with Gasteiger partial charge in [0.05, 0.1) is 10.6 Å². The molecule has 0 aromatic heterocycles. The van der Waals surface area contributed by atoms with Gasteiger partial charge in [0.1, 0.15) is 16.3 Å². The Kier molecular flexibility index (Phi) is 9.06. The van der Waals surface area contributed by atoms with Gasteiger partial charge in [-0.15, -0.1) is 0 Å². The topological polar surface area (TPSA) is 113 Å². The normalized spacial score (nSPS) is 12.3. The average molecular weight is 467 g/mol. The second kappa shape index (κ2) is 10.4. The maximum absolute atomic E-state index is 13.8. The van der Waals surface area contributed by atoms with Gasteiger partial charge in [-0.25, -0.2) is 22.4 Å². The van der Waals surface area contributed by atoms with Crippen LogP contribution in [0, 0.1) is 5.82 Å². The number of alkyl carbamates (subject to hydrolysis) is 1. The fraction of sp³-hybridized carbons (Fsp3) is 0.579. The number of rotatable bonds is 9. The lowest BCUT2D eigenvalue weighted by Gasteiger charge is -2.27. The summed E-state index contributed by atoms with van der Waals surface area (Å²) in [6, 6.07) is 0.897. The number of hydrogen-bond donors (Lipinski definition) is 2. The molecular weight excluding hydrogens is 439 g/mol. The number of aromatic carboxylic acids is 1. The van der Waals surface area contributed by atoms with E-state index in [4.69, 9.17) is 16.3 Å². The molecule has 2 N–H and O–H groups in total. The van der Waals surface area contributed by atoms with Crippen LogP contribution in [0.25, 0.3) is 0 Å². The highest BCUT2D eigenvalue weighted by Gasteiger charge is 2.32. The maximum atomic E-state index is 13.8. The molecule has 0 atom stereocenters. The number of carbonyl (C=O) groups excluding carboxylic acids is 1. The molecule has 0 fully saturated rings. The van der Waals surface area contributed by atoms with Gasteiger partial charge in [0.15, 0.2) is 0 Å². The molecular formula is C19H28ClFN2O6S. The zero-order valence-electron chi connectivity index (χ0n) is 17.7. The highest BCUT2D eigenvalue weighted by molar-refractivity contribution is 7.89. The van der Waals surface area contributed by atoms with E-state index in [1.54, 1.807) is 34.6 Å². The minimum Gasteiger partial charge on any atom is -0.478 e. The van der Waals surface area contributed by atoms with Gasteiger partial charge >= 0.3 is 12.1 Å². The van der Waals surface area contributed by atoms with Crippen LogP contribution in [0.15, 0.2) is 17.0 Å². The number of halogens is 2. The lowest BCUT2D eigenvalue weighted by Crippen LogP contribution is -2.39. The SMILES string of the molecule is CC(C)N(CCCCNC(=O)OC(C)(C)C)S(=O)(=O)c1cc(F)cc(Cl)c1C(=O)O. The number of sulfonamides is 1. The maximum Gasteiger partial charge on any atom is 0.407 e. The summed E-state index contributed by atoms with van der Waals surface area (Å²) in [7, 11) is -4.33. The summed E-state index contributed by atoms with van der Waals surface area (Å²) < 4.78 is 46.2. The first-order chi connectivity index (χ1) is 13.7. The Balaban J connectivity index is 2.91. The van der Waals surface area contributed by atoms with Crippen LogP contribution in [-0.4, -0.2) is 54.6 Å². The summed E-state index contributed by atoms with van der Waals surface area (Å²) in [5, 5.41) is 11.4. The van der Waals surface area contributed by atoms with Gasteiger partial charge in [-0.1, -0.05) is 11.6 Å². The minimum absolute atomic E-state index is 0.0448.